The summed E-state index contributed by atoms with van der Waals surface area (Å²) in [6.07, 6.45) is 4.10. The minimum absolute atomic E-state index is 0.0571. The first-order valence-electron chi connectivity index (χ1n) is 6.57. The van der Waals surface area contributed by atoms with Crippen molar-refractivity contribution in [3.63, 3.8) is 0 Å². The Bertz CT molecular complexity index is 394. The van der Waals surface area contributed by atoms with E-state index in [4.69, 9.17) is 0 Å². The molecule has 0 spiro atoms. The maximum atomic E-state index is 12.1. The van der Waals surface area contributed by atoms with Crippen molar-refractivity contribution in [1.82, 2.24) is 4.31 Å². The van der Waals surface area contributed by atoms with E-state index < -0.39 is 10.0 Å². The first kappa shape index (κ1) is 13.8. The molecule has 0 N–H and O–H groups in total. The van der Waals surface area contributed by atoms with Crippen molar-refractivity contribution in [2.45, 2.75) is 32.1 Å². The molecule has 1 aliphatic carbocycles. The minimum atomic E-state index is -3.18. The SMILES string of the molecule is COC(=O)CCCS(=O)(=O)N1CC2CCCC2C1. The van der Waals surface area contributed by atoms with Crippen LogP contribution in [0.5, 0.6) is 0 Å². The summed E-state index contributed by atoms with van der Waals surface area (Å²) >= 11 is 0. The largest absolute Gasteiger partial charge is 0.469 e. The lowest BCUT2D eigenvalue weighted by Crippen LogP contribution is -2.32. The van der Waals surface area contributed by atoms with Crippen molar-refractivity contribution < 1.29 is 17.9 Å². The van der Waals surface area contributed by atoms with Crippen molar-refractivity contribution in [1.29, 1.82) is 0 Å². The lowest BCUT2D eigenvalue weighted by molar-refractivity contribution is -0.140. The molecule has 0 bridgehead atoms. The van der Waals surface area contributed by atoms with Gasteiger partial charge in [0.1, 0.15) is 0 Å². The van der Waals surface area contributed by atoms with E-state index in [0.717, 1.165) is 0 Å². The second-order valence-corrected chi connectivity index (χ2v) is 7.35. The molecule has 0 amide bonds. The molecule has 1 aliphatic heterocycles. The lowest BCUT2D eigenvalue weighted by atomic mass is 10.0. The number of hydrogen-bond acceptors (Lipinski definition) is 4. The molecule has 1 heterocycles. The number of hydrogen-bond donors (Lipinski definition) is 0. The summed E-state index contributed by atoms with van der Waals surface area (Å²) in [5.41, 5.74) is 0. The molecule has 0 aromatic rings. The highest BCUT2D eigenvalue weighted by molar-refractivity contribution is 7.89. The number of carbonyl (C=O) groups excluding carboxylic acids is 1. The van der Waals surface area contributed by atoms with Crippen molar-refractivity contribution >= 4 is 16.0 Å². The van der Waals surface area contributed by atoms with Crippen molar-refractivity contribution in [2.75, 3.05) is 26.0 Å². The monoisotopic (exact) mass is 275 g/mol. The summed E-state index contributed by atoms with van der Waals surface area (Å²) in [5, 5.41) is 0. The van der Waals surface area contributed by atoms with Gasteiger partial charge in [-0.3, -0.25) is 4.79 Å². The fourth-order valence-corrected chi connectivity index (χ4v) is 4.65. The van der Waals surface area contributed by atoms with Gasteiger partial charge in [0.05, 0.1) is 12.9 Å². The van der Waals surface area contributed by atoms with Crippen LogP contribution in [0.2, 0.25) is 0 Å². The molecule has 0 radical (unpaired) electrons. The van der Waals surface area contributed by atoms with E-state index in [-0.39, 0.29) is 18.1 Å². The Morgan fingerprint density at radius 3 is 2.44 bits per heavy atom. The second-order valence-electron chi connectivity index (χ2n) is 5.26. The molecule has 2 fully saturated rings. The number of methoxy groups -OCH3 is 1. The zero-order valence-electron chi connectivity index (χ0n) is 10.8. The van der Waals surface area contributed by atoms with E-state index in [0.29, 0.717) is 31.3 Å². The van der Waals surface area contributed by atoms with E-state index >= 15 is 0 Å². The summed E-state index contributed by atoms with van der Waals surface area (Å²) in [6.45, 7) is 1.37. The molecule has 2 rings (SSSR count). The Kier molecular flexibility index (Phi) is 4.27. The number of esters is 1. The Balaban J connectivity index is 1.82. The molecule has 0 aromatic heterocycles. The normalized spacial score (nSPS) is 28.3. The summed E-state index contributed by atoms with van der Waals surface area (Å²) in [7, 11) is -1.86. The van der Waals surface area contributed by atoms with Crippen LogP contribution in [-0.2, 0) is 19.6 Å². The fourth-order valence-electron chi connectivity index (χ4n) is 3.05. The van der Waals surface area contributed by atoms with E-state index in [2.05, 4.69) is 4.74 Å². The lowest BCUT2D eigenvalue weighted by Gasteiger charge is -2.16. The van der Waals surface area contributed by atoms with Gasteiger partial charge in [-0.25, -0.2) is 12.7 Å². The van der Waals surface area contributed by atoms with Gasteiger partial charge in [0.25, 0.3) is 0 Å². The number of fused-ring (bicyclic) bond motifs is 1. The standard InChI is InChI=1S/C12H21NO4S/c1-17-12(14)6-3-7-18(15,16)13-8-10-4-2-5-11(10)9-13/h10-11H,2-9H2,1H3. The molecule has 5 nitrogen and oxygen atoms in total. The van der Waals surface area contributed by atoms with Crippen LogP contribution in [0.25, 0.3) is 0 Å². The number of rotatable bonds is 5. The average Bonchev–Trinajstić information content (AvgIpc) is 2.88. The highest BCUT2D eigenvalue weighted by atomic mass is 32.2. The average molecular weight is 275 g/mol. The van der Waals surface area contributed by atoms with Gasteiger partial charge in [-0.2, -0.15) is 0 Å². The molecular formula is C12H21NO4S. The molecular weight excluding hydrogens is 254 g/mol. The highest BCUT2D eigenvalue weighted by Crippen LogP contribution is 2.38. The molecule has 6 heteroatoms. The Morgan fingerprint density at radius 1 is 1.28 bits per heavy atom. The number of nitrogens with zero attached hydrogens (tertiary/aromatic N) is 1. The Hall–Kier alpha value is -0.620. The van der Waals surface area contributed by atoms with Crippen LogP contribution >= 0.6 is 0 Å². The molecule has 18 heavy (non-hydrogen) atoms. The van der Waals surface area contributed by atoms with Crippen LogP contribution in [0.3, 0.4) is 0 Å². The van der Waals surface area contributed by atoms with Gasteiger partial charge < -0.3 is 4.74 Å². The van der Waals surface area contributed by atoms with Gasteiger partial charge in [-0.15, -0.1) is 0 Å². The van der Waals surface area contributed by atoms with Gasteiger partial charge in [0, 0.05) is 19.5 Å². The van der Waals surface area contributed by atoms with Crippen molar-refractivity contribution in [3.05, 3.63) is 0 Å². The van der Waals surface area contributed by atoms with Crippen LogP contribution in [0.4, 0.5) is 0 Å². The predicted octanol–water partition coefficient (Wildman–Crippen LogP) is 1.00. The minimum Gasteiger partial charge on any atom is -0.469 e. The summed E-state index contributed by atoms with van der Waals surface area (Å²) in [4.78, 5) is 10.9. The van der Waals surface area contributed by atoms with Gasteiger partial charge >= 0.3 is 5.97 Å². The van der Waals surface area contributed by atoms with Gasteiger partial charge in [-0.05, 0) is 31.1 Å². The maximum absolute atomic E-state index is 12.1. The third-order valence-corrected chi connectivity index (χ3v) is 5.99. The van der Waals surface area contributed by atoms with E-state index in [9.17, 15) is 13.2 Å². The quantitative estimate of drug-likeness (QED) is 0.702. The number of ether oxygens (including phenoxy) is 1. The smallest absolute Gasteiger partial charge is 0.305 e. The van der Waals surface area contributed by atoms with Gasteiger partial charge in [-0.1, -0.05) is 6.42 Å². The maximum Gasteiger partial charge on any atom is 0.305 e. The third kappa shape index (κ3) is 3.03. The van der Waals surface area contributed by atoms with Gasteiger partial charge in [0.2, 0.25) is 10.0 Å². The van der Waals surface area contributed by atoms with Crippen molar-refractivity contribution in [2.24, 2.45) is 11.8 Å². The zero-order chi connectivity index (χ0) is 13.2. The van der Waals surface area contributed by atoms with E-state index in [1.54, 1.807) is 4.31 Å². The number of carbonyl (C=O) groups is 1. The highest BCUT2D eigenvalue weighted by Gasteiger charge is 2.40. The summed E-state index contributed by atoms with van der Waals surface area (Å²) in [5.74, 6) is 0.853. The second kappa shape index (κ2) is 5.57. The molecule has 2 atom stereocenters. The zero-order valence-corrected chi connectivity index (χ0v) is 11.6. The van der Waals surface area contributed by atoms with Crippen LogP contribution in [0, 0.1) is 11.8 Å². The molecule has 1 saturated carbocycles. The molecule has 1 saturated heterocycles. The predicted molar refractivity (Wildman–Crippen MR) is 67.4 cm³/mol. The topological polar surface area (TPSA) is 63.7 Å². The molecule has 0 aromatic carbocycles. The first-order valence-corrected chi connectivity index (χ1v) is 8.18. The summed E-state index contributed by atoms with van der Waals surface area (Å²) < 4.78 is 30.3. The van der Waals surface area contributed by atoms with Crippen LogP contribution in [0.1, 0.15) is 32.1 Å². The molecule has 104 valence electrons. The number of sulfonamides is 1. The van der Waals surface area contributed by atoms with E-state index in [1.165, 1.54) is 26.4 Å². The van der Waals surface area contributed by atoms with Crippen molar-refractivity contribution in [3.8, 4) is 0 Å². The van der Waals surface area contributed by atoms with Crippen LogP contribution in [0.15, 0.2) is 0 Å². The Labute approximate surface area is 109 Å². The summed E-state index contributed by atoms with van der Waals surface area (Å²) in [6, 6.07) is 0. The van der Waals surface area contributed by atoms with E-state index in [1.807, 2.05) is 0 Å². The first-order chi connectivity index (χ1) is 8.53. The Morgan fingerprint density at radius 2 is 1.89 bits per heavy atom. The van der Waals surface area contributed by atoms with Gasteiger partial charge in [0.15, 0.2) is 0 Å². The third-order valence-electron chi connectivity index (χ3n) is 4.10. The molecule has 2 aliphatic rings. The molecule has 2 unspecified atom stereocenters. The van der Waals surface area contributed by atoms with Crippen LogP contribution < -0.4 is 0 Å². The van der Waals surface area contributed by atoms with Crippen LogP contribution in [-0.4, -0.2) is 44.6 Å². The fraction of sp³-hybridized carbons (Fsp3) is 0.917.